The monoisotopic (exact) mass is 347 g/mol. The number of rotatable bonds is 7. The molecule has 3 aromatic rings. The van der Waals surface area contributed by atoms with Crippen LogP contribution in [0.4, 0.5) is 5.69 Å². The van der Waals surface area contributed by atoms with Crippen LogP contribution >= 0.6 is 0 Å². The van der Waals surface area contributed by atoms with Crippen LogP contribution in [0.3, 0.4) is 0 Å². The number of aryl methyl sites for hydroxylation is 1. The van der Waals surface area contributed by atoms with Crippen molar-refractivity contribution >= 4 is 11.6 Å². The van der Waals surface area contributed by atoms with Gasteiger partial charge in [-0.05, 0) is 43.3 Å². The van der Waals surface area contributed by atoms with Gasteiger partial charge >= 0.3 is 0 Å². The fourth-order valence-electron chi connectivity index (χ4n) is 2.38. The molecule has 0 saturated heterocycles. The maximum atomic E-state index is 12.2. The van der Waals surface area contributed by atoms with Crippen LogP contribution in [0, 0.1) is 6.92 Å². The quantitative estimate of drug-likeness (QED) is 0.639. The van der Waals surface area contributed by atoms with Crippen LogP contribution < -0.4 is 14.8 Å². The van der Waals surface area contributed by atoms with Gasteiger partial charge in [0.2, 0.25) is 5.91 Å². The van der Waals surface area contributed by atoms with Gasteiger partial charge in [-0.15, -0.1) is 0 Å². The number of benzene rings is 3. The lowest BCUT2D eigenvalue weighted by Gasteiger charge is -2.12. The van der Waals surface area contributed by atoms with Crippen molar-refractivity contribution in [3.05, 3.63) is 84.4 Å². The summed E-state index contributed by atoms with van der Waals surface area (Å²) in [5, 5.41) is 2.88. The molecule has 4 heteroatoms. The van der Waals surface area contributed by atoms with Crippen molar-refractivity contribution in [3.8, 4) is 17.2 Å². The van der Waals surface area contributed by atoms with E-state index in [4.69, 9.17) is 9.47 Å². The average Bonchev–Trinajstić information content (AvgIpc) is 2.66. The highest BCUT2D eigenvalue weighted by atomic mass is 16.5. The molecule has 0 saturated carbocycles. The van der Waals surface area contributed by atoms with Gasteiger partial charge in [0.15, 0.2) is 5.75 Å². The summed E-state index contributed by atoms with van der Waals surface area (Å²) in [5.74, 6) is 1.96. The molecule has 3 aromatic carbocycles. The number of anilines is 1. The third kappa shape index (κ3) is 5.11. The molecule has 0 aliphatic carbocycles. The molecular formula is C22H21NO3. The van der Waals surface area contributed by atoms with Crippen LogP contribution in [0.25, 0.3) is 0 Å². The normalized spacial score (nSPS) is 10.2. The molecule has 26 heavy (non-hydrogen) atoms. The van der Waals surface area contributed by atoms with Crippen molar-refractivity contribution in [2.75, 3.05) is 11.9 Å². The van der Waals surface area contributed by atoms with E-state index in [1.807, 2.05) is 85.8 Å². The number of hydrogen-bond donors (Lipinski definition) is 1. The van der Waals surface area contributed by atoms with Crippen molar-refractivity contribution < 1.29 is 14.3 Å². The van der Waals surface area contributed by atoms with Gasteiger partial charge in [0.1, 0.15) is 11.5 Å². The molecule has 0 aliphatic rings. The predicted octanol–water partition coefficient (Wildman–Crippen LogP) is 5.19. The summed E-state index contributed by atoms with van der Waals surface area (Å²) in [4.78, 5) is 12.2. The summed E-state index contributed by atoms with van der Waals surface area (Å²) < 4.78 is 11.5. The van der Waals surface area contributed by atoms with E-state index in [2.05, 4.69) is 5.32 Å². The molecule has 0 spiro atoms. The van der Waals surface area contributed by atoms with E-state index < -0.39 is 0 Å². The molecule has 0 aliphatic heterocycles. The first kappa shape index (κ1) is 17.5. The largest absolute Gasteiger partial charge is 0.493 e. The van der Waals surface area contributed by atoms with Crippen molar-refractivity contribution in [3.63, 3.8) is 0 Å². The minimum atomic E-state index is -0.124. The van der Waals surface area contributed by atoms with E-state index in [1.165, 1.54) is 5.56 Å². The zero-order valence-electron chi connectivity index (χ0n) is 14.6. The van der Waals surface area contributed by atoms with Crippen molar-refractivity contribution in [2.24, 2.45) is 0 Å². The van der Waals surface area contributed by atoms with E-state index in [-0.39, 0.29) is 12.3 Å². The minimum absolute atomic E-state index is 0.124. The highest BCUT2D eigenvalue weighted by Crippen LogP contribution is 2.29. The van der Waals surface area contributed by atoms with Crippen LogP contribution in [0.5, 0.6) is 17.2 Å². The van der Waals surface area contributed by atoms with E-state index in [0.29, 0.717) is 18.0 Å². The Morgan fingerprint density at radius 2 is 1.54 bits per heavy atom. The Bertz CT molecular complexity index is 845. The molecule has 0 bridgehead atoms. The highest BCUT2D eigenvalue weighted by Gasteiger charge is 2.08. The number of ether oxygens (including phenoxy) is 2. The Labute approximate surface area is 153 Å². The fourth-order valence-corrected chi connectivity index (χ4v) is 2.38. The number of hydrogen-bond acceptors (Lipinski definition) is 3. The van der Waals surface area contributed by atoms with Crippen LogP contribution in [0.2, 0.25) is 0 Å². The van der Waals surface area contributed by atoms with Crippen LogP contribution in [0.15, 0.2) is 78.9 Å². The van der Waals surface area contributed by atoms with Crippen LogP contribution in [0.1, 0.15) is 12.0 Å². The summed E-state index contributed by atoms with van der Waals surface area (Å²) in [6.45, 7) is 2.34. The summed E-state index contributed by atoms with van der Waals surface area (Å²) >= 11 is 0. The molecule has 132 valence electrons. The first-order valence-electron chi connectivity index (χ1n) is 8.52. The second-order valence-corrected chi connectivity index (χ2v) is 5.87. The molecule has 0 heterocycles. The molecule has 0 radical (unpaired) electrons. The van der Waals surface area contributed by atoms with E-state index in [9.17, 15) is 4.79 Å². The zero-order valence-corrected chi connectivity index (χ0v) is 14.6. The number of amides is 1. The number of carbonyl (C=O) groups is 1. The minimum Gasteiger partial charge on any atom is -0.493 e. The Hall–Kier alpha value is -3.27. The average molecular weight is 347 g/mol. The second kappa shape index (κ2) is 8.72. The number of para-hydroxylation sites is 3. The van der Waals surface area contributed by atoms with Crippen LogP contribution in [-0.2, 0) is 4.79 Å². The molecule has 1 N–H and O–H groups in total. The third-order valence-corrected chi connectivity index (χ3v) is 3.75. The lowest BCUT2D eigenvalue weighted by atomic mass is 10.2. The highest BCUT2D eigenvalue weighted by molar-refractivity contribution is 5.92. The molecule has 0 aromatic heterocycles. The van der Waals surface area contributed by atoms with Gasteiger partial charge in [-0.3, -0.25) is 4.79 Å². The Kier molecular flexibility index (Phi) is 5.88. The molecule has 4 nitrogen and oxygen atoms in total. The van der Waals surface area contributed by atoms with Gasteiger partial charge in [0.25, 0.3) is 0 Å². The lowest BCUT2D eigenvalue weighted by Crippen LogP contribution is -2.15. The van der Waals surface area contributed by atoms with Crippen molar-refractivity contribution in [2.45, 2.75) is 13.3 Å². The zero-order chi connectivity index (χ0) is 18.2. The van der Waals surface area contributed by atoms with E-state index in [1.54, 1.807) is 0 Å². The molecule has 3 rings (SSSR count). The molecule has 1 amide bonds. The topological polar surface area (TPSA) is 47.6 Å². The number of carbonyl (C=O) groups excluding carboxylic acids is 1. The number of nitrogens with one attached hydrogen (secondary N) is 1. The first-order chi connectivity index (χ1) is 12.7. The standard InChI is InChI=1S/C22H21NO3/c1-17-11-13-18(14-12-17)25-16-15-22(24)23-20-9-5-6-10-21(20)26-19-7-3-2-4-8-19/h2-14H,15-16H2,1H3,(H,23,24). The van der Waals surface area contributed by atoms with Gasteiger partial charge in [0.05, 0.1) is 18.7 Å². The van der Waals surface area contributed by atoms with E-state index in [0.717, 1.165) is 11.5 Å². The Balaban J connectivity index is 1.55. The van der Waals surface area contributed by atoms with Gasteiger partial charge < -0.3 is 14.8 Å². The summed E-state index contributed by atoms with van der Waals surface area (Å²) in [7, 11) is 0. The van der Waals surface area contributed by atoms with Gasteiger partial charge in [-0.25, -0.2) is 0 Å². The maximum Gasteiger partial charge on any atom is 0.227 e. The SMILES string of the molecule is Cc1ccc(OCCC(=O)Nc2ccccc2Oc2ccccc2)cc1. The summed E-state index contributed by atoms with van der Waals surface area (Å²) in [5.41, 5.74) is 1.81. The molecule has 0 fully saturated rings. The fraction of sp³-hybridized carbons (Fsp3) is 0.136. The molecule has 0 atom stereocenters. The van der Waals surface area contributed by atoms with Crippen molar-refractivity contribution in [1.29, 1.82) is 0 Å². The van der Waals surface area contributed by atoms with E-state index >= 15 is 0 Å². The van der Waals surface area contributed by atoms with Gasteiger partial charge in [0, 0.05) is 0 Å². The lowest BCUT2D eigenvalue weighted by molar-refractivity contribution is -0.116. The molecule has 0 unspecified atom stereocenters. The van der Waals surface area contributed by atoms with Gasteiger partial charge in [-0.1, -0.05) is 48.0 Å². The Morgan fingerprint density at radius 1 is 0.846 bits per heavy atom. The predicted molar refractivity (Wildman–Crippen MR) is 103 cm³/mol. The summed E-state index contributed by atoms with van der Waals surface area (Å²) in [6.07, 6.45) is 0.257. The first-order valence-corrected chi connectivity index (χ1v) is 8.52. The van der Waals surface area contributed by atoms with Gasteiger partial charge in [-0.2, -0.15) is 0 Å². The van der Waals surface area contributed by atoms with Crippen molar-refractivity contribution in [1.82, 2.24) is 0 Å². The third-order valence-electron chi connectivity index (χ3n) is 3.75. The van der Waals surface area contributed by atoms with Crippen LogP contribution in [-0.4, -0.2) is 12.5 Å². The summed E-state index contributed by atoms with van der Waals surface area (Å²) in [6, 6.07) is 24.6. The maximum absolute atomic E-state index is 12.2. The molecular weight excluding hydrogens is 326 g/mol. The second-order valence-electron chi connectivity index (χ2n) is 5.87. The smallest absolute Gasteiger partial charge is 0.227 e. The Morgan fingerprint density at radius 3 is 2.31 bits per heavy atom.